The van der Waals surface area contributed by atoms with E-state index in [9.17, 15) is 8.78 Å². The molecule has 1 aromatic carbocycles. The molecule has 1 atom stereocenters. The second-order valence-corrected chi connectivity index (χ2v) is 4.39. The zero-order valence-corrected chi connectivity index (χ0v) is 11.5. The Hall–Kier alpha value is -2.37. The van der Waals surface area contributed by atoms with Crippen LogP contribution < -0.4 is 4.74 Å². The van der Waals surface area contributed by atoms with Gasteiger partial charge in [-0.05, 0) is 34.9 Å². The largest absolute Gasteiger partial charge is 0.497 e. The van der Waals surface area contributed by atoms with Crippen LogP contribution in [0, 0.1) is 0 Å². The van der Waals surface area contributed by atoms with Crippen molar-refractivity contribution >= 4 is 5.57 Å². The van der Waals surface area contributed by atoms with Crippen LogP contribution in [0.3, 0.4) is 0 Å². The van der Waals surface area contributed by atoms with Gasteiger partial charge in [-0.1, -0.05) is 17.2 Å². The first-order valence-corrected chi connectivity index (χ1v) is 6.08. The molecule has 110 valence electrons. The fraction of sp³-hybridized carbons (Fsp3) is 0.286. The Morgan fingerprint density at radius 1 is 1.29 bits per heavy atom. The number of rotatable bonds is 4. The number of ether oxygens (including phenoxy) is 2. The zero-order chi connectivity index (χ0) is 15.5. The fourth-order valence-electron chi connectivity index (χ4n) is 2.11. The lowest BCUT2D eigenvalue weighted by atomic mass is 9.92. The average molecular weight is 293 g/mol. The van der Waals surface area contributed by atoms with Crippen LogP contribution in [0.25, 0.3) is 16.0 Å². The van der Waals surface area contributed by atoms with Gasteiger partial charge in [0, 0.05) is 18.4 Å². The third kappa shape index (κ3) is 2.89. The van der Waals surface area contributed by atoms with E-state index in [0.29, 0.717) is 16.9 Å². The van der Waals surface area contributed by atoms with E-state index in [1.54, 1.807) is 24.3 Å². The Kier molecular flexibility index (Phi) is 4.26. The Morgan fingerprint density at radius 3 is 2.48 bits per heavy atom. The van der Waals surface area contributed by atoms with Crippen molar-refractivity contribution in [2.75, 3.05) is 14.2 Å². The molecule has 0 aliphatic heterocycles. The maximum atomic E-state index is 14.6. The first kappa shape index (κ1) is 15.0. The molecule has 2 rings (SSSR count). The van der Waals surface area contributed by atoms with E-state index in [4.69, 9.17) is 15.0 Å². The van der Waals surface area contributed by atoms with Crippen LogP contribution in [-0.2, 0) is 4.74 Å². The van der Waals surface area contributed by atoms with Gasteiger partial charge in [0.05, 0.1) is 7.11 Å². The van der Waals surface area contributed by atoms with Crippen LogP contribution in [0.1, 0.15) is 12.0 Å². The van der Waals surface area contributed by atoms with Gasteiger partial charge in [-0.3, -0.25) is 0 Å². The molecule has 1 aliphatic rings. The summed E-state index contributed by atoms with van der Waals surface area (Å²) >= 11 is 0. The molecule has 1 aromatic rings. The van der Waals surface area contributed by atoms with Gasteiger partial charge < -0.3 is 9.47 Å². The van der Waals surface area contributed by atoms with Crippen molar-refractivity contribution < 1.29 is 18.3 Å². The lowest BCUT2D eigenvalue weighted by molar-refractivity contribution is -0.0876. The van der Waals surface area contributed by atoms with Gasteiger partial charge in [0.15, 0.2) is 0 Å². The Bertz CT molecular complexity index is 649. The summed E-state index contributed by atoms with van der Waals surface area (Å²) in [6, 6.07) is 6.75. The molecular weight excluding hydrogens is 280 g/mol. The maximum absolute atomic E-state index is 14.6. The van der Waals surface area contributed by atoms with Gasteiger partial charge in [0.1, 0.15) is 17.3 Å². The van der Waals surface area contributed by atoms with Gasteiger partial charge in [-0.2, -0.15) is 0 Å². The van der Waals surface area contributed by atoms with E-state index in [-0.39, 0.29) is 6.42 Å². The third-order valence-electron chi connectivity index (χ3n) is 3.23. The molecule has 0 heterocycles. The average Bonchev–Trinajstić information content (AvgIpc) is 2.51. The minimum Gasteiger partial charge on any atom is -0.497 e. The normalized spacial score (nSPS) is 21.6. The van der Waals surface area contributed by atoms with E-state index in [1.807, 2.05) is 0 Å². The molecule has 0 spiro atoms. The van der Waals surface area contributed by atoms with E-state index in [1.165, 1.54) is 7.11 Å². The van der Waals surface area contributed by atoms with Crippen LogP contribution in [0.5, 0.6) is 5.75 Å². The van der Waals surface area contributed by atoms with E-state index < -0.39 is 17.4 Å². The number of allylic oxidation sites excluding steroid dienone is 2. The lowest BCUT2D eigenvalue weighted by Gasteiger charge is -2.28. The van der Waals surface area contributed by atoms with Gasteiger partial charge in [-0.15, -0.1) is 0 Å². The zero-order valence-electron chi connectivity index (χ0n) is 11.5. The quantitative estimate of drug-likeness (QED) is 0.472. The molecule has 0 saturated heterocycles. The first-order valence-electron chi connectivity index (χ1n) is 6.08. The van der Waals surface area contributed by atoms with Crippen LogP contribution in [-0.4, -0.2) is 20.1 Å². The Labute approximate surface area is 120 Å². The van der Waals surface area contributed by atoms with Crippen molar-refractivity contribution in [1.29, 1.82) is 0 Å². The van der Waals surface area contributed by atoms with Crippen molar-refractivity contribution in [3.63, 3.8) is 0 Å². The standard InChI is InChI=1S/C14H13F2N3O2/c1-20-11-5-3-9(4-6-11)10-7-12(15)13(18-19-17)14(16,8-10)21-2/h3-7H,8H2,1-2H3. The van der Waals surface area contributed by atoms with Crippen LogP contribution in [0.4, 0.5) is 8.78 Å². The molecule has 1 aliphatic carbocycles. The van der Waals surface area contributed by atoms with Crippen molar-refractivity contribution in [1.82, 2.24) is 0 Å². The maximum Gasteiger partial charge on any atom is 0.244 e. The number of benzene rings is 1. The molecular formula is C14H13F2N3O2. The second-order valence-electron chi connectivity index (χ2n) is 4.39. The highest BCUT2D eigenvalue weighted by Gasteiger charge is 2.40. The highest BCUT2D eigenvalue weighted by Crippen LogP contribution is 2.42. The summed E-state index contributed by atoms with van der Waals surface area (Å²) in [4.78, 5) is 2.43. The summed E-state index contributed by atoms with van der Waals surface area (Å²) in [5, 5.41) is 3.06. The second kappa shape index (κ2) is 5.95. The van der Waals surface area contributed by atoms with Crippen molar-refractivity contribution in [2.45, 2.75) is 12.3 Å². The molecule has 0 bridgehead atoms. The number of nitrogens with zero attached hydrogens (tertiary/aromatic N) is 3. The monoisotopic (exact) mass is 293 g/mol. The molecule has 1 unspecified atom stereocenters. The third-order valence-corrected chi connectivity index (χ3v) is 3.23. The predicted octanol–water partition coefficient (Wildman–Crippen LogP) is 4.29. The van der Waals surface area contributed by atoms with Crippen LogP contribution >= 0.6 is 0 Å². The molecule has 0 N–H and O–H groups in total. The van der Waals surface area contributed by atoms with E-state index in [0.717, 1.165) is 13.2 Å². The summed E-state index contributed by atoms with van der Waals surface area (Å²) in [6.07, 6.45) is 0.889. The predicted molar refractivity (Wildman–Crippen MR) is 73.7 cm³/mol. The summed E-state index contributed by atoms with van der Waals surface area (Å²) < 4.78 is 38.4. The molecule has 0 saturated carbocycles. The highest BCUT2D eigenvalue weighted by molar-refractivity contribution is 5.71. The summed E-state index contributed by atoms with van der Waals surface area (Å²) in [5.74, 6) is -2.80. The van der Waals surface area contributed by atoms with Gasteiger partial charge in [0.25, 0.3) is 0 Å². The molecule has 0 aromatic heterocycles. The number of hydrogen-bond acceptors (Lipinski definition) is 3. The van der Waals surface area contributed by atoms with Crippen molar-refractivity contribution in [3.05, 3.63) is 57.9 Å². The Balaban J connectivity index is 2.46. The molecule has 21 heavy (non-hydrogen) atoms. The minimum atomic E-state index is -2.49. The van der Waals surface area contributed by atoms with Crippen molar-refractivity contribution in [3.8, 4) is 5.75 Å². The topological polar surface area (TPSA) is 67.2 Å². The molecule has 0 amide bonds. The number of halogens is 2. The van der Waals surface area contributed by atoms with Crippen molar-refractivity contribution in [2.24, 2.45) is 5.11 Å². The van der Waals surface area contributed by atoms with E-state index >= 15 is 0 Å². The first-order chi connectivity index (χ1) is 10.0. The minimum absolute atomic E-state index is 0.252. The summed E-state index contributed by atoms with van der Waals surface area (Å²) in [5.41, 5.74) is 8.74. The summed E-state index contributed by atoms with van der Waals surface area (Å²) in [7, 11) is 2.62. The number of azide groups is 1. The highest BCUT2D eigenvalue weighted by atomic mass is 19.2. The molecule has 0 fully saturated rings. The smallest absolute Gasteiger partial charge is 0.244 e. The number of hydrogen-bond donors (Lipinski definition) is 0. The molecule has 5 nitrogen and oxygen atoms in total. The fourth-order valence-corrected chi connectivity index (χ4v) is 2.11. The van der Waals surface area contributed by atoms with Crippen LogP contribution in [0.2, 0.25) is 0 Å². The lowest BCUT2D eigenvalue weighted by Crippen LogP contribution is -2.30. The van der Waals surface area contributed by atoms with Crippen LogP contribution in [0.15, 0.2) is 47.0 Å². The van der Waals surface area contributed by atoms with Gasteiger partial charge in [0.2, 0.25) is 5.85 Å². The van der Waals surface area contributed by atoms with E-state index in [2.05, 4.69) is 10.0 Å². The van der Waals surface area contributed by atoms with Gasteiger partial charge in [-0.25, -0.2) is 8.78 Å². The summed E-state index contributed by atoms with van der Waals surface area (Å²) in [6.45, 7) is 0. The molecule has 0 radical (unpaired) electrons. The number of alkyl halides is 1. The molecule has 7 heteroatoms. The Morgan fingerprint density at radius 2 is 1.95 bits per heavy atom. The number of methoxy groups -OCH3 is 2. The SMILES string of the molecule is COc1ccc(C2=CC(F)=C(N=[N+]=[N-])C(F)(OC)C2)cc1. The van der Waals surface area contributed by atoms with Gasteiger partial charge >= 0.3 is 0 Å².